The molecule has 0 radical (unpaired) electrons. The fourth-order valence-corrected chi connectivity index (χ4v) is 2.21. The summed E-state index contributed by atoms with van der Waals surface area (Å²) in [4.78, 5) is 16.0. The minimum Gasteiger partial charge on any atom is -0.305 e. The number of hydrogen-bond donors (Lipinski definition) is 2. The molecule has 114 valence electrons. The molecule has 3 aromatic rings. The average molecular weight is 304 g/mol. The Bertz CT molecular complexity index is 823. The number of carbonyl (C=O) groups is 1. The molecule has 23 heavy (non-hydrogen) atoms. The van der Waals surface area contributed by atoms with E-state index in [0.717, 1.165) is 22.4 Å². The van der Waals surface area contributed by atoms with Crippen LogP contribution < -0.4 is 5.32 Å². The first-order valence-electron chi connectivity index (χ1n) is 7.23. The summed E-state index contributed by atoms with van der Waals surface area (Å²) in [7, 11) is 0. The Morgan fingerprint density at radius 3 is 2.61 bits per heavy atom. The third-order valence-electron chi connectivity index (χ3n) is 3.45. The topological polar surface area (TPSA) is 70.7 Å². The van der Waals surface area contributed by atoms with Gasteiger partial charge in [-0.1, -0.05) is 30.3 Å². The zero-order chi connectivity index (χ0) is 16.1. The number of hydrogen-bond acceptors (Lipinski definition) is 3. The van der Waals surface area contributed by atoms with Crippen molar-refractivity contribution in [2.45, 2.75) is 6.92 Å². The van der Waals surface area contributed by atoms with Crippen LogP contribution in [0.5, 0.6) is 0 Å². The average Bonchev–Trinajstić information content (AvgIpc) is 2.95. The second kappa shape index (κ2) is 6.70. The predicted octanol–water partition coefficient (Wildman–Crippen LogP) is 3.43. The number of anilines is 1. The molecule has 0 bridgehead atoms. The zero-order valence-electron chi connectivity index (χ0n) is 12.7. The quantitative estimate of drug-likeness (QED) is 0.725. The summed E-state index contributed by atoms with van der Waals surface area (Å²) >= 11 is 0. The van der Waals surface area contributed by atoms with Gasteiger partial charge in [0.1, 0.15) is 0 Å². The molecule has 0 unspecified atom stereocenters. The number of aromatic nitrogens is 3. The highest BCUT2D eigenvalue weighted by Crippen LogP contribution is 2.25. The summed E-state index contributed by atoms with van der Waals surface area (Å²) in [6.07, 6.45) is 6.70. The third-order valence-corrected chi connectivity index (χ3v) is 3.45. The van der Waals surface area contributed by atoms with E-state index in [1.807, 2.05) is 49.4 Å². The van der Waals surface area contributed by atoms with Gasteiger partial charge in [-0.15, -0.1) is 0 Å². The minimum atomic E-state index is -0.218. The van der Waals surface area contributed by atoms with Crippen molar-refractivity contribution >= 4 is 17.8 Å². The number of aromatic amines is 1. The number of carbonyl (C=O) groups excluding carboxylic acids is 1. The molecule has 0 saturated heterocycles. The van der Waals surface area contributed by atoms with E-state index < -0.39 is 0 Å². The summed E-state index contributed by atoms with van der Waals surface area (Å²) < 4.78 is 0. The Hall–Kier alpha value is -3.21. The molecule has 0 saturated carbocycles. The van der Waals surface area contributed by atoms with Crippen molar-refractivity contribution in [2.75, 3.05) is 5.32 Å². The molecule has 0 aliphatic carbocycles. The van der Waals surface area contributed by atoms with E-state index in [1.54, 1.807) is 18.5 Å². The maximum atomic E-state index is 12.0. The number of amides is 1. The fraction of sp³-hybridized carbons (Fsp3) is 0.0556. The van der Waals surface area contributed by atoms with E-state index in [4.69, 9.17) is 0 Å². The number of nitrogens with zero attached hydrogens (tertiary/aromatic N) is 2. The molecule has 0 fully saturated rings. The first kappa shape index (κ1) is 14.7. The van der Waals surface area contributed by atoms with Crippen LogP contribution in [-0.4, -0.2) is 21.1 Å². The number of rotatable bonds is 4. The summed E-state index contributed by atoms with van der Waals surface area (Å²) in [6, 6.07) is 13.4. The van der Waals surface area contributed by atoms with E-state index in [0.29, 0.717) is 5.82 Å². The summed E-state index contributed by atoms with van der Waals surface area (Å²) in [5.74, 6) is 0.309. The van der Waals surface area contributed by atoms with Crippen molar-refractivity contribution in [3.05, 3.63) is 72.1 Å². The highest BCUT2D eigenvalue weighted by atomic mass is 16.1. The van der Waals surface area contributed by atoms with Gasteiger partial charge in [-0.3, -0.25) is 14.9 Å². The lowest BCUT2D eigenvalue weighted by molar-refractivity contribution is -0.111. The highest BCUT2D eigenvalue weighted by Gasteiger charge is 2.11. The Labute approximate surface area is 134 Å². The van der Waals surface area contributed by atoms with E-state index in [1.165, 1.54) is 6.08 Å². The van der Waals surface area contributed by atoms with Crippen molar-refractivity contribution in [3.8, 4) is 11.3 Å². The van der Waals surface area contributed by atoms with Crippen LogP contribution in [0.2, 0.25) is 0 Å². The fourth-order valence-electron chi connectivity index (χ4n) is 2.21. The standard InChI is InChI=1S/C18H16N4O/c1-13-17(15-9-11-19-12-10-15)21-22-18(13)20-16(23)8-7-14-5-3-2-4-6-14/h2-12H,1H3,(H2,20,21,22,23)/b8-7+. The number of benzene rings is 1. The van der Waals surface area contributed by atoms with Gasteiger partial charge in [-0.2, -0.15) is 5.10 Å². The largest absolute Gasteiger partial charge is 0.305 e. The molecule has 5 nitrogen and oxygen atoms in total. The van der Waals surface area contributed by atoms with E-state index in [2.05, 4.69) is 20.5 Å². The van der Waals surface area contributed by atoms with E-state index in [-0.39, 0.29) is 5.91 Å². The van der Waals surface area contributed by atoms with Crippen LogP contribution >= 0.6 is 0 Å². The zero-order valence-corrected chi connectivity index (χ0v) is 12.7. The molecule has 5 heteroatoms. The molecular weight excluding hydrogens is 288 g/mol. The maximum absolute atomic E-state index is 12.0. The molecule has 0 spiro atoms. The minimum absolute atomic E-state index is 0.218. The second-order valence-corrected chi connectivity index (χ2v) is 5.04. The van der Waals surface area contributed by atoms with E-state index >= 15 is 0 Å². The van der Waals surface area contributed by atoms with Crippen LogP contribution in [0.25, 0.3) is 17.3 Å². The van der Waals surface area contributed by atoms with Crippen molar-refractivity contribution in [3.63, 3.8) is 0 Å². The molecule has 2 aromatic heterocycles. The van der Waals surface area contributed by atoms with Crippen LogP contribution in [0.1, 0.15) is 11.1 Å². The monoisotopic (exact) mass is 304 g/mol. The lowest BCUT2D eigenvalue weighted by atomic mass is 10.1. The third kappa shape index (κ3) is 3.52. The Morgan fingerprint density at radius 1 is 1.13 bits per heavy atom. The van der Waals surface area contributed by atoms with Gasteiger partial charge >= 0.3 is 0 Å². The first-order chi connectivity index (χ1) is 11.2. The van der Waals surface area contributed by atoms with Crippen LogP contribution in [0.15, 0.2) is 60.9 Å². The van der Waals surface area contributed by atoms with E-state index in [9.17, 15) is 4.79 Å². The van der Waals surface area contributed by atoms with Gasteiger partial charge < -0.3 is 5.32 Å². The second-order valence-electron chi connectivity index (χ2n) is 5.04. The first-order valence-corrected chi connectivity index (χ1v) is 7.23. The number of pyridine rings is 1. The maximum Gasteiger partial charge on any atom is 0.249 e. The lowest BCUT2D eigenvalue weighted by Crippen LogP contribution is -2.09. The normalized spacial score (nSPS) is 10.8. The lowest BCUT2D eigenvalue weighted by Gasteiger charge is -2.01. The number of nitrogens with one attached hydrogen (secondary N) is 2. The van der Waals surface area contributed by atoms with Gasteiger partial charge in [-0.05, 0) is 30.7 Å². The van der Waals surface area contributed by atoms with Gasteiger partial charge in [0.25, 0.3) is 0 Å². The molecular formula is C18H16N4O. The molecule has 3 rings (SSSR count). The molecule has 2 heterocycles. The van der Waals surface area contributed by atoms with Gasteiger partial charge in [0, 0.05) is 29.6 Å². The Balaban J connectivity index is 1.73. The van der Waals surface area contributed by atoms with Gasteiger partial charge in [-0.25, -0.2) is 0 Å². The van der Waals surface area contributed by atoms with Crippen LogP contribution in [0, 0.1) is 6.92 Å². The van der Waals surface area contributed by atoms with Gasteiger partial charge in [0.05, 0.1) is 5.69 Å². The smallest absolute Gasteiger partial charge is 0.249 e. The van der Waals surface area contributed by atoms with Gasteiger partial charge in [0.15, 0.2) is 5.82 Å². The van der Waals surface area contributed by atoms with Gasteiger partial charge in [0.2, 0.25) is 5.91 Å². The predicted molar refractivity (Wildman–Crippen MR) is 90.7 cm³/mol. The SMILES string of the molecule is Cc1c(NC(=O)/C=C/c2ccccc2)n[nH]c1-c1ccncc1. The van der Waals surface area contributed by atoms with Crippen molar-refractivity contribution in [1.29, 1.82) is 0 Å². The van der Waals surface area contributed by atoms with Crippen molar-refractivity contribution < 1.29 is 4.79 Å². The molecule has 0 aliphatic heterocycles. The van der Waals surface area contributed by atoms with Crippen LogP contribution in [0.4, 0.5) is 5.82 Å². The molecule has 1 amide bonds. The van der Waals surface area contributed by atoms with Crippen molar-refractivity contribution in [2.24, 2.45) is 0 Å². The summed E-state index contributed by atoms with van der Waals surface area (Å²) in [6.45, 7) is 1.91. The molecule has 0 atom stereocenters. The van der Waals surface area contributed by atoms with Crippen LogP contribution in [0.3, 0.4) is 0 Å². The highest BCUT2D eigenvalue weighted by molar-refractivity contribution is 6.02. The summed E-state index contributed by atoms with van der Waals surface area (Å²) in [5, 5.41) is 9.92. The molecule has 0 aliphatic rings. The molecule has 2 N–H and O–H groups in total. The Kier molecular flexibility index (Phi) is 4.29. The number of H-pyrrole nitrogens is 1. The Morgan fingerprint density at radius 2 is 1.87 bits per heavy atom. The molecule has 1 aromatic carbocycles. The van der Waals surface area contributed by atoms with Crippen molar-refractivity contribution in [1.82, 2.24) is 15.2 Å². The summed E-state index contributed by atoms with van der Waals surface area (Å²) in [5.41, 5.74) is 3.71. The van der Waals surface area contributed by atoms with Crippen LogP contribution in [-0.2, 0) is 4.79 Å².